The lowest BCUT2D eigenvalue weighted by atomic mass is 9.98. The molecule has 1 amide bonds. The van der Waals surface area contributed by atoms with Crippen molar-refractivity contribution in [1.29, 1.82) is 0 Å². The zero-order chi connectivity index (χ0) is 20.4. The molecule has 154 valence electrons. The van der Waals surface area contributed by atoms with Gasteiger partial charge in [0.25, 0.3) is 5.56 Å². The van der Waals surface area contributed by atoms with Crippen molar-refractivity contribution in [3.8, 4) is 11.5 Å². The monoisotopic (exact) mass is 397 g/mol. The Balaban J connectivity index is 1.52. The van der Waals surface area contributed by atoms with Crippen LogP contribution in [-0.4, -0.2) is 41.4 Å². The Morgan fingerprint density at radius 3 is 2.45 bits per heavy atom. The van der Waals surface area contributed by atoms with Gasteiger partial charge < -0.3 is 14.4 Å². The highest BCUT2D eigenvalue weighted by molar-refractivity contribution is 5.76. The van der Waals surface area contributed by atoms with Crippen molar-refractivity contribution < 1.29 is 14.3 Å². The fraction of sp³-hybridized carbons (Fsp3) is 0.500. The SMILES string of the molecule is COc1cc2c(cc1OC)CN(C(=O)Cn1nc3c(cc1=O)CCCCC3)CC2. The number of benzene rings is 1. The summed E-state index contributed by atoms with van der Waals surface area (Å²) < 4.78 is 12.1. The van der Waals surface area contributed by atoms with Crippen LogP contribution in [-0.2, 0) is 37.1 Å². The number of hydrogen-bond acceptors (Lipinski definition) is 5. The molecule has 0 unspecified atom stereocenters. The molecule has 0 N–H and O–H groups in total. The van der Waals surface area contributed by atoms with E-state index in [1.807, 2.05) is 12.1 Å². The molecule has 1 aromatic heterocycles. The standard InChI is InChI=1S/C22H27N3O4/c1-28-19-10-15-8-9-24(13-17(15)11-20(19)29-2)22(27)14-25-21(26)12-16-6-4-3-5-7-18(16)23-25/h10-12H,3-9,13-14H2,1-2H3. The highest BCUT2D eigenvalue weighted by atomic mass is 16.5. The molecular weight excluding hydrogens is 370 g/mol. The van der Waals surface area contributed by atoms with E-state index in [0.29, 0.717) is 24.6 Å². The summed E-state index contributed by atoms with van der Waals surface area (Å²) in [7, 11) is 3.22. The molecule has 4 rings (SSSR count). The molecule has 0 spiro atoms. The summed E-state index contributed by atoms with van der Waals surface area (Å²) in [5.74, 6) is 1.27. The first-order valence-electron chi connectivity index (χ1n) is 10.2. The molecule has 0 saturated carbocycles. The van der Waals surface area contributed by atoms with Gasteiger partial charge in [-0.2, -0.15) is 5.10 Å². The van der Waals surface area contributed by atoms with E-state index < -0.39 is 0 Å². The van der Waals surface area contributed by atoms with E-state index >= 15 is 0 Å². The van der Waals surface area contributed by atoms with Gasteiger partial charge in [-0.3, -0.25) is 9.59 Å². The molecule has 1 aliphatic heterocycles. The van der Waals surface area contributed by atoms with Crippen molar-refractivity contribution in [2.75, 3.05) is 20.8 Å². The van der Waals surface area contributed by atoms with E-state index in [9.17, 15) is 9.59 Å². The predicted octanol–water partition coefficient (Wildman–Crippen LogP) is 2.11. The summed E-state index contributed by atoms with van der Waals surface area (Å²) in [6.07, 6.45) is 5.86. The molecule has 1 aliphatic carbocycles. The zero-order valence-corrected chi connectivity index (χ0v) is 17.1. The topological polar surface area (TPSA) is 73.7 Å². The maximum Gasteiger partial charge on any atom is 0.267 e. The number of rotatable bonds is 4. The molecule has 1 aromatic carbocycles. The van der Waals surface area contributed by atoms with Crippen LogP contribution in [0.3, 0.4) is 0 Å². The van der Waals surface area contributed by atoms with Gasteiger partial charge in [0.1, 0.15) is 6.54 Å². The van der Waals surface area contributed by atoms with Crippen molar-refractivity contribution in [2.45, 2.75) is 51.6 Å². The summed E-state index contributed by atoms with van der Waals surface area (Å²) in [6.45, 7) is 1.09. The van der Waals surface area contributed by atoms with Gasteiger partial charge in [0, 0.05) is 19.2 Å². The predicted molar refractivity (Wildman–Crippen MR) is 108 cm³/mol. The number of hydrogen-bond donors (Lipinski definition) is 0. The molecule has 0 atom stereocenters. The number of carbonyl (C=O) groups is 1. The van der Waals surface area contributed by atoms with Crippen molar-refractivity contribution in [2.24, 2.45) is 0 Å². The van der Waals surface area contributed by atoms with E-state index in [4.69, 9.17) is 9.47 Å². The first-order valence-corrected chi connectivity index (χ1v) is 10.2. The van der Waals surface area contributed by atoms with Crippen molar-refractivity contribution in [3.63, 3.8) is 0 Å². The van der Waals surface area contributed by atoms with Crippen LogP contribution in [0.2, 0.25) is 0 Å². The molecule has 29 heavy (non-hydrogen) atoms. The second-order valence-corrected chi connectivity index (χ2v) is 7.71. The molecule has 7 nitrogen and oxygen atoms in total. The number of fused-ring (bicyclic) bond motifs is 2. The number of amides is 1. The van der Waals surface area contributed by atoms with Gasteiger partial charge in [-0.15, -0.1) is 0 Å². The largest absolute Gasteiger partial charge is 0.493 e. The van der Waals surface area contributed by atoms with Gasteiger partial charge in [-0.05, 0) is 60.9 Å². The molecular formula is C22H27N3O4. The van der Waals surface area contributed by atoms with Crippen molar-refractivity contribution in [1.82, 2.24) is 14.7 Å². The first kappa shape index (κ1) is 19.5. The summed E-state index contributed by atoms with van der Waals surface area (Å²) in [5.41, 5.74) is 4.03. The minimum Gasteiger partial charge on any atom is -0.493 e. The Kier molecular flexibility index (Phi) is 5.56. The fourth-order valence-electron chi connectivity index (χ4n) is 4.22. The van der Waals surface area contributed by atoms with Crippen LogP contribution < -0.4 is 15.0 Å². The molecule has 2 aliphatic rings. The lowest BCUT2D eigenvalue weighted by Crippen LogP contribution is -2.40. The average molecular weight is 397 g/mol. The average Bonchev–Trinajstić information content (AvgIpc) is 2.97. The van der Waals surface area contributed by atoms with Crippen LogP contribution >= 0.6 is 0 Å². The molecule has 0 saturated heterocycles. The maximum atomic E-state index is 12.9. The Morgan fingerprint density at radius 2 is 1.69 bits per heavy atom. The fourth-order valence-corrected chi connectivity index (χ4v) is 4.22. The summed E-state index contributed by atoms with van der Waals surface area (Å²) >= 11 is 0. The lowest BCUT2D eigenvalue weighted by Gasteiger charge is -2.29. The second kappa shape index (κ2) is 8.27. The summed E-state index contributed by atoms with van der Waals surface area (Å²) in [6, 6.07) is 5.58. The molecule has 2 aromatic rings. The van der Waals surface area contributed by atoms with E-state index in [0.717, 1.165) is 60.9 Å². The minimum atomic E-state index is -0.192. The first-order chi connectivity index (χ1) is 14.1. The van der Waals surface area contributed by atoms with Gasteiger partial charge in [-0.25, -0.2) is 4.68 Å². The van der Waals surface area contributed by atoms with Gasteiger partial charge in [0.2, 0.25) is 5.91 Å². The Morgan fingerprint density at radius 1 is 0.966 bits per heavy atom. The minimum absolute atomic E-state index is 0.0191. The zero-order valence-electron chi connectivity index (χ0n) is 17.1. The van der Waals surface area contributed by atoms with E-state index in [-0.39, 0.29) is 18.0 Å². The Bertz CT molecular complexity index is 983. The van der Waals surface area contributed by atoms with Crippen LogP contribution in [0.15, 0.2) is 23.0 Å². The van der Waals surface area contributed by atoms with Gasteiger partial charge in [0.15, 0.2) is 11.5 Å². The maximum absolute atomic E-state index is 12.9. The lowest BCUT2D eigenvalue weighted by molar-refractivity contribution is -0.133. The molecule has 0 fully saturated rings. The third-order valence-electron chi connectivity index (χ3n) is 5.88. The molecule has 2 heterocycles. The van der Waals surface area contributed by atoms with Gasteiger partial charge in [0.05, 0.1) is 19.9 Å². The number of nitrogens with zero attached hydrogens (tertiary/aromatic N) is 3. The normalized spacial score (nSPS) is 15.9. The van der Waals surface area contributed by atoms with Gasteiger partial charge >= 0.3 is 0 Å². The molecule has 0 radical (unpaired) electrons. The van der Waals surface area contributed by atoms with E-state index in [2.05, 4.69) is 5.10 Å². The quantitative estimate of drug-likeness (QED) is 0.739. The Hall–Kier alpha value is -2.83. The third-order valence-corrected chi connectivity index (χ3v) is 5.88. The molecule has 0 bridgehead atoms. The highest BCUT2D eigenvalue weighted by Gasteiger charge is 2.24. The highest BCUT2D eigenvalue weighted by Crippen LogP contribution is 2.33. The van der Waals surface area contributed by atoms with E-state index in [1.54, 1.807) is 25.2 Å². The number of ether oxygens (including phenoxy) is 2. The van der Waals surface area contributed by atoms with E-state index in [1.165, 1.54) is 4.68 Å². The van der Waals surface area contributed by atoms with Crippen molar-refractivity contribution in [3.05, 3.63) is 50.9 Å². The third kappa shape index (κ3) is 3.99. The second-order valence-electron chi connectivity index (χ2n) is 7.71. The number of methoxy groups -OCH3 is 2. The van der Waals surface area contributed by atoms with Crippen LogP contribution in [0.1, 0.15) is 41.6 Å². The summed E-state index contributed by atoms with van der Waals surface area (Å²) in [4.78, 5) is 27.2. The number of aromatic nitrogens is 2. The Labute approximate surface area is 170 Å². The van der Waals surface area contributed by atoms with Gasteiger partial charge in [-0.1, -0.05) is 6.42 Å². The van der Waals surface area contributed by atoms with Crippen LogP contribution in [0.4, 0.5) is 0 Å². The summed E-state index contributed by atoms with van der Waals surface area (Å²) in [5, 5.41) is 4.52. The molecule has 7 heteroatoms. The smallest absolute Gasteiger partial charge is 0.267 e. The van der Waals surface area contributed by atoms with Crippen molar-refractivity contribution >= 4 is 5.91 Å². The van der Waals surface area contributed by atoms with Crippen LogP contribution in [0, 0.1) is 0 Å². The van der Waals surface area contributed by atoms with Crippen LogP contribution in [0.25, 0.3) is 0 Å². The number of carbonyl (C=O) groups excluding carboxylic acids is 1. The van der Waals surface area contributed by atoms with Crippen LogP contribution in [0.5, 0.6) is 11.5 Å². The number of aryl methyl sites for hydroxylation is 2.